The normalized spacial score (nSPS) is 13.0. The van der Waals surface area contributed by atoms with Crippen LogP contribution < -0.4 is 10.6 Å². The van der Waals surface area contributed by atoms with Crippen LogP contribution >= 0.6 is 23.2 Å². The molecular formula is C15H12Cl2N2O. The average molecular weight is 307 g/mol. The van der Waals surface area contributed by atoms with Crippen molar-refractivity contribution < 1.29 is 4.79 Å². The predicted octanol–water partition coefficient (Wildman–Crippen LogP) is 4.10. The lowest BCUT2D eigenvalue weighted by Crippen LogP contribution is -2.03. The van der Waals surface area contributed by atoms with Crippen molar-refractivity contribution in [2.24, 2.45) is 0 Å². The van der Waals surface area contributed by atoms with E-state index in [9.17, 15) is 4.79 Å². The number of fused-ring (bicyclic) bond motifs is 1. The summed E-state index contributed by atoms with van der Waals surface area (Å²) in [5, 5.41) is 7.37. The number of hydrogen-bond acceptors (Lipinski definition) is 2. The summed E-state index contributed by atoms with van der Waals surface area (Å²) in [5.41, 5.74) is 3.70. The van der Waals surface area contributed by atoms with Gasteiger partial charge in [0.05, 0.1) is 6.42 Å². The summed E-state index contributed by atoms with van der Waals surface area (Å²) in [7, 11) is 0. The molecule has 0 spiro atoms. The Morgan fingerprint density at radius 2 is 1.90 bits per heavy atom. The minimum absolute atomic E-state index is 0.0336. The Hall–Kier alpha value is -1.71. The molecule has 102 valence electrons. The summed E-state index contributed by atoms with van der Waals surface area (Å²) in [5.74, 6) is 0.0336. The highest BCUT2D eigenvalue weighted by Crippen LogP contribution is 2.28. The summed E-state index contributed by atoms with van der Waals surface area (Å²) in [6, 6.07) is 11.2. The van der Waals surface area contributed by atoms with E-state index in [0.29, 0.717) is 23.0 Å². The maximum atomic E-state index is 11.3. The van der Waals surface area contributed by atoms with Gasteiger partial charge in [-0.05, 0) is 35.9 Å². The Labute approximate surface area is 126 Å². The molecule has 0 bridgehead atoms. The first kappa shape index (κ1) is 13.3. The van der Waals surface area contributed by atoms with Crippen LogP contribution in [0.15, 0.2) is 36.4 Å². The summed E-state index contributed by atoms with van der Waals surface area (Å²) in [6.07, 6.45) is 0.428. The second-order valence-electron chi connectivity index (χ2n) is 4.65. The Morgan fingerprint density at radius 3 is 2.65 bits per heavy atom. The minimum atomic E-state index is 0.0336. The largest absolute Gasteiger partial charge is 0.381 e. The fourth-order valence-corrected chi connectivity index (χ4v) is 2.76. The number of carbonyl (C=O) groups excluding carboxylic acids is 1. The Bertz CT molecular complexity index is 665. The number of carbonyl (C=O) groups is 1. The first-order valence-electron chi connectivity index (χ1n) is 6.23. The van der Waals surface area contributed by atoms with Gasteiger partial charge in [0, 0.05) is 33.5 Å². The number of halogens is 2. The molecule has 0 saturated heterocycles. The van der Waals surface area contributed by atoms with E-state index in [2.05, 4.69) is 10.6 Å². The number of rotatable bonds is 3. The highest BCUT2D eigenvalue weighted by molar-refractivity contribution is 6.36. The molecule has 1 aliphatic heterocycles. The quantitative estimate of drug-likeness (QED) is 0.896. The van der Waals surface area contributed by atoms with Crippen molar-refractivity contribution in [3.63, 3.8) is 0 Å². The second-order valence-corrected chi connectivity index (χ2v) is 5.47. The number of benzene rings is 2. The maximum absolute atomic E-state index is 11.3. The lowest BCUT2D eigenvalue weighted by Gasteiger charge is -2.10. The molecule has 0 saturated carbocycles. The van der Waals surface area contributed by atoms with E-state index in [1.165, 1.54) is 0 Å². The number of nitrogens with one attached hydrogen (secondary N) is 2. The molecule has 0 aliphatic carbocycles. The second kappa shape index (κ2) is 5.35. The van der Waals surface area contributed by atoms with E-state index < -0.39 is 0 Å². The van der Waals surface area contributed by atoms with Crippen molar-refractivity contribution in [2.75, 3.05) is 10.6 Å². The van der Waals surface area contributed by atoms with Gasteiger partial charge >= 0.3 is 0 Å². The third-order valence-electron chi connectivity index (χ3n) is 3.26. The van der Waals surface area contributed by atoms with Crippen LogP contribution in [0.2, 0.25) is 10.0 Å². The molecule has 1 aliphatic rings. The highest BCUT2D eigenvalue weighted by Gasteiger charge is 2.17. The zero-order chi connectivity index (χ0) is 14.1. The zero-order valence-electron chi connectivity index (χ0n) is 10.5. The fourth-order valence-electron chi connectivity index (χ4n) is 2.23. The van der Waals surface area contributed by atoms with Crippen molar-refractivity contribution in [1.29, 1.82) is 0 Å². The van der Waals surface area contributed by atoms with Gasteiger partial charge in [0.1, 0.15) is 0 Å². The Kier molecular flexibility index (Phi) is 3.55. The molecule has 0 radical (unpaired) electrons. The molecule has 1 heterocycles. The third-order valence-corrected chi connectivity index (χ3v) is 3.97. The molecule has 0 aromatic heterocycles. The number of anilines is 2. The van der Waals surface area contributed by atoms with Gasteiger partial charge in [-0.15, -0.1) is 0 Å². The molecule has 5 heteroatoms. The van der Waals surface area contributed by atoms with Gasteiger partial charge in [-0.1, -0.05) is 29.3 Å². The molecule has 20 heavy (non-hydrogen) atoms. The van der Waals surface area contributed by atoms with Gasteiger partial charge < -0.3 is 10.6 Å². The smallest absolute Gasteiger partial charge is 0.228 e. The molecule has 3 rings (SSSR count). The van der Waals surface area contributed by atoms with Gasteiger partial charge in [0.25, 0.3) is 0 Å². The number of hydrogen-bond donors (Lipinski definition) is 2. The molecule has 0 fully saturated rings. The Morgan fingerprint density at radius 1 is 1.15 bits per heavy atom. The first-order valence-corrected chi connectivity index (χ1v) is 6.98. The topological polar surface area (TPSA) is 41.1 Å². The van der Waals surface area contributed by atoms with Crippen LogP contribution in [0.3, 0.4) is 0 Å². The van der Waals surface area contributed by atoms with Crippen LogP contribution in [0, 0.1) is 0 Å². The minimum Gasteiger partial charge on any atom is -0.381 e. The van der Waals surface area contributed by atoms with E-state index in [-0.39, 0.29) is 5.91 Å². The lowest BCUT2D eigenvalue weighted by molar-refractivity contribution is -0.115. The van der Waals surface area contributed by atoms with Crippen molar-refractivity contribution in [3.05, 3.63) is 57.6 Å². The van der Waals surface area contributed by atoms with Gasteiger partial charge in [-0.25, -0.2) is 0 Å². The van der Waals surface area contributed by atoms with Crippen LogP contribution in [0.1, 0.15) is 11.1 Å². The van der Waals surface area contributed by atoms with Gasteiger partial charge in [-0.3, -0.25) is 4.79 Å². The standard InChI is InChI=1S/C15H12Cl2N2O/c16-12-2-1-3-13(17)11(12)8-18-10-4-5-14-9(6-10)7-15(20)19-14/h1-6,18H,7-8H2,(H,19,20). The highest BCUT2D eigenvalue weighted by atomic mass is 35.5. The van der Waals surface area contributed by atoms with Gasteiger partial charge in [0.15, 0.2) is 0 Å². The SMILES string of the molecule is O=C1Cc2cc(NCc3c(Cl)cccc3Cl)ccc2N1. The fraction of sp³-hybridized carbons (Fsp3) is 0.133. The lowest BCUT2D eigenvalue weighted by atomic mass is 10.1. The molecule has 0 unspecified atom stereocenters. The molecule has 3 nitrogen and oxygen atoms in total. The maximum Gasteiger partial charge on any atom is 0.228 e. The van der Waals surface area contributed by atoms with Crippen molar-refractivity contribution in [3.8, 4) is 0 Å². The Balaban J connectivity index is 1.76. The number of amides is 1. The third kappa shape index (κ3) is 2.60. The summed E-state index contributed by atoms with van der Waals surface area (Å²) >= 11 is 12.3. The van der Waals surface area contributed by atoms with Gasteiger partial charge in [-0.2, -0.15) is 0 Å². The van der Waals surface area contributed by atoms with Crippen LogP contribution in [0.5, 0.6) is 0 Å². The van der Waals surface area contributed by atoms with Crippen LogP contribution in [0.4, 0.5) is 11.4 Å². The molecule has 2 N–H and O–H groups in total. The predicted molar refractivity (Wildman–Crippen MR) is 82.6 cm³/mol. The van der Waals surface area contributed by atoms with E-state index in [1.807, 2.05) is 36.4 Å². The molecule has 2 aromatic rings. The molecule has 2 aromatic carbocycles. The summed E-state index contributed by atoms with van der Waals surface area (Å²) in [4.78, 5) is 11.3. The molecule has 1 amide bonds. The van der Waals surface area contributed by atoms with E-state index in [4.69, 9.17) is 23.2 Å². The van der Waals surface area contributed by atoms with E-state index in [1.54, 1.807) is 0 Å². The zero-order valence-corrected chi connectivity index (χ0v) is 12.1. The van der Waals surface area contributed by atoms with E-state index >= 15 is 0 Å². The molecule has 0 atom stereocenters. The first-order chi connectivity index (χ1) is 9.63. The summed E-state index contributed by atoms with van der Waals surface area (Å²) < 4.78 is 0. The van der Waals surface area contributed by atoms with Crippen molar-refractivity contribution >= 4 is 40.5 Å². The van der Waals surface area contributed by atoms with E-state index in [0.717, 1.165) is 22.5 Å². The van der Waals surface area contributed by atoms with Gasteiger partial charge in [0.2, 0.25) is 5.91 Å². The monoisotopic (exact) mass is 306 g/mol. The average Bonchev–Trinajstić information content (AvgIpc) is 2.77. The van der Waals surface area contributed by atoms with Crippen LogP contribution in [-0.4, -0.2) is 5.91 Å². The van der Waals surface area contributed by atoms with Crippen LogP contribution in [-0.2, 0) is 17.8 Å². The van der Waals surface area contributed by atoms with Crippen molar-refractivity contribution in [2.45, 2.75) is 13.0 Å². The van der Waals surface area contributed by atoms with Crippen molar-refractivity contribution in [1.82, 2.24) is 0 Å². The molecular weight excluding hydrogens is 295 g/mol. The summed E-state index contributed by atoms with van der Waals surface area (Å²) in [6.45, 7) is 0.540. The van der Waals surface area contributed by atoms with Crippen LogP contribution in [0.25, 0.3) is 0 Å².